The highest BCUT2D eigenvalue weighted by Crippen LogP contribution is 2.15. The molecule has 0 unspecified atom stereocenters. The molecule has 1 aromatic rings. The van der Waals surface area contributed by atoms with Crippen LogP contribution in [-0.2, 0) is 6.42 Å². The van der Waals surface area contributed by atoms with Gasteiger partial charge in [0.25, 0.3) is 0 Å². The summed E-state index contributed by atoms with van der Waals surface area (Å²) < 4.78 is 5.29. The third kappa shape index (κ3) is 2.93. The molecular weight excluding hydrogens is 202 g/mol. The highest BCUT2D eigenvalue weighted by atomic mass is 16.5. The predicted octanol–water partition coefficient (Wildman–Crippen LogP) is 0.538. The van der Waals surface area contributed by atoms with Crippen molar-refractivity contribution in [2.45, 2.75) is 6.42 Å². The molecule has 16 heavy (non-hydrogen) atoms. The Labute approximate surface area is 96.6 Å². The molecule has 0 saturated carbocycles. The van der Waals surface area contributed by atoms with Crippen LogP contribution in [0.4, 0.5) is 0 Å². The third-order valence-electron chi connectivity index (χ3n) is 2.94. The zero-order chi connectivity index (χ0) is 11.2. The van der Waals surface area contributed by atoms with Gasteiger partial charge in [-0.15, -0.1) is 0 Å². The van der Waals surface area contributed by atoms with Gasteiger partial charge in [-0.2, -0.15) is 0 Å². The smallest absolute Gasteiger partial charge is 0.140 e. The van der Waals surface area contributed by atoms with Crippen LogP contribution >= 0.6 is 0 Å². The fourth-order valence-electron chi connectivity index (χ4n) is 2.00. The van der Waals surface area contributed by atoms with Crippen LogP contribution in [0, 0.1) is 0 Å². The van der Waals surface area contributed by atoms with Crippen molar-refractivity contribution in [2.24, 2.45) is 0 Å². The van der Waals surface area contributed by atoms with Crippen molar-refractivity contribution in [3.05, 3.63) is 24.0 Å². The second-order valence-electron chi connectivity index (χ2n) is 3.99. The summed E-state index contributed by atoms with van der Waals surface area (Å²) in [5.74, 6) is 0.901. The van der Waals surface area contributed by atoms with Gasteiger partial charge in [-0.25, -0.2) is 0 Å². The van der Waals surface area contributed by atoms with E-state index < -0.39 is 0 Å². The van der Waals surface area contributed by atoms with Gasteiger partial charge in [-0.05, 0) is 12.1 Å². The molecule has 0 aliphatic carbocycles. The molecule has 1 N–H and O–H groups in total. The molecule has 0 bridgehead atoms. The molecule has 0 spiro atoms. The van der Waals surface area contributed by atoms with Gasteiger partial charge in [-0.3, -0.25) is 4.98 Å². The van der Waals surface area contributed by atoms with Gasteiger partial charge in [0.2, 0.25) is 0 Å². The van der Waals surface area contributed by atoms with E-state index in [4.69, 9.17) is 4.74 Å². The highest BCUT2D eigenvalue weighted by molar-refractivity contribution is 5.26. The fraction of sp³-hybridized carbons (Fsp3) is 0.583. The lowest BCUT2D eigenvalue weighted by Gasteiger charge is -2.27. The summed E-state index contributed by atoms with van der Waals surface area (Å²) in [5, 5.41) is 3.35. The van der Waals surface area contributed by atoms with E-state index in [-0.39, 0.29) is 0 Å². The van der Waals surface area contributed by atoms with Crippen LogP contribution in [0.3, 0.4) is 0 Å². The van der Waals surface area contributed by atoms with Crippen LogP contribution in [0.2, 0.25) is 0 Å². The third-order valence-corrected chi connectivity index (χ3v) is 2.94. The van der Waals surface area contributed by atoms with Crippen molar-refractivity contribution in [2.75, 3.05) is 39.8 Å². The topological polar surface area (TPSA) is 37.4 Å². The molecule has 1 aromatic heterocycles. The van der Waals surface area contributed by atoms with E-state index in [1.54, 1.807) is 7.11 Å². The minimum absolute atomic E-state index is 0.901. The first-order valence-corrected chi connectivity index (χ1v) is 5.81. The van der Waals surface area contributed by atoms with Gasteiger partial charge in [-0.1, -0.05) is 0 Å². The van der Waals surface area contributed by atoms with Gasteiger partial charge in [0.1, 0.15) is 5.75 Å². The summed E-state index contributed by atoms with van der Waals surface area (Å²) in [7, 11) is 1.70. The van der Waals surface area contributed by atoms with Crippen LogP contribution in [0.5, 0.6) is 5.75 Å². The molecular formula is C12H19N3O. The number of rotatable bonds is 4. The largest absolute Gasteiger partial charge is 0.495 e. The Hall–Kier alpha value is -1.13. The number of methoxy groups -OCH3 is 1. The van der Waals surface area contributed by atoms with Gasteiger partial charge in [0.15, 0.2) is 0 Å². The van der Waals surface area contributed by atoms with Crippen LogP contribution in [-0.4, -0.2) is 49.7 Å². The normalized spacial score (nSPS) is 17.3. The SMILES string of the molecule is COc1cccnc1CCN1CCNCC1. The van der Waals surface area contributed by atoms with Crippen LogP contribution in [0.1, 0.15) is 5.69 Å². The Morgan fingerprint density at radius 1 is 1.44 bits per heavy atom. The fourth-order valence-corrected chi connectivity index (χ4v) is 2.00. The summed E-state index contributed by atoms with van der Waals surface area (Å²) in [6.45, 7) is 5.53. The maximum absolute atomic E-state index is 5.29. The molecule has 1 saturated heterocycles. The summed E-state index contributed by atoms with van der Waals surface area (Å²) in [6, 6.07) is 3.88. The van der Waals surface area contributed by atoms with E-state index >= 15 is 0 Å². The Kier molecular flexibility index (Phi) is 4.13. The number of nitrogens with one attached hydrogen (secondary N) is 1. The molecule has 0 amide bonds. The molecule has 4 heteroatoms. The van der Waals surface area contributed by atoms with E-state index in [0.717, 1.165) is 50.6 Å². The second kappa shape index (κ2) is 5.82. The number of hydrogen-bond donors (Lipinski definition) is 1. The first-order valence-electron chi connectivity index (χ1n) is 5.81. The molecule has 4 nitrogen and oxygen atoms in total. The monoisotopic (exact) mass is 221 g/mol. The first kappa shape index (κ1) is 11.4. The van der Waals surface area contributed by atoms with Crippen molar-refractivity contribution < 1.29 is 4.74 Å². The number of nitrogens with zero attached hydrogens (tertiary/aromatic N) is 2. The number of hydrogen-bond acceptors (Lipinski definition) is 4. The second-order valence-corrected chi connectivity index (χ2v) is 3.99. The lowest BCUT2D eigenvalue weighted by molar-refractivity contribution is 0.242. The molecule has 88 valence electrons. The van der Waals surface area contributed by atoms with Crippen molar-refractivity contribution in [3.63, 3.8) is 0 Å². The number of pyridine rings is 1. The summed E-state index contributed by atoms with van der Waals surface area (Å²) >= 11 is 0. The number of piperazine rings is 1. The predicted molar refractivity (Wildman–Crippen MR) is 63.8 cm³/mol. The van der Waals surface area contributed by atoms with Crippen LogP contribution in [0.15, 0.2) is 18.3 Å². The van der Waals surface area contributed by atoms with E-state index in [0.29, 0.717) is 0 Å². The maximum atomic E-state index is 5.29. The Morgan fingerprint density at radius 3 is 3.00 bits per heavy atom. The minimum Gasteiger partial charge on any atom is -0.495 e. The molecule has 1 aliphatic heterocycles. The molecule has 0 atom stereocenters. The molecule has 2 rings (SSSR count). The Morgan fingerprint density at radius 2 is 2.25 bits per heavy atom. The van der Waals surface area contributed by atoms with E-state index in [9.17, 15) is 0 Å². The highest BCUT2D eigenvalue weighted by Gasteiger charge is 2.10. The van der Waals surface area contributed by atoms with Gasteiger partial charge >= 0.3 is 0 Å². The molecule has 0 aromatic carbocycles. The van der Waals surface area contributed by atoms with E-state index in [1.165, 1.54) is 0 Å². The maximum Gasteiger partial charge on any atom is 0.140 e. The Bertz CT molecular complexity index is 324. The average Bonchev–Trinajstić information content (AvgIpc) is 2.38. The van der Waals surface area contributed by atoms with Gasteiger partial charge < -0.3 is 15.0 Å². The zero-order valence-electron chi connectivity index (χ0n) is 9.78. The van der Waals surface area contributed by atoms with Crippen molar-refractivity contribution in [3.8, 4) is 5.75 Å². The average molecular weight is 221 g/mol. The zero-order valence-corrected chi connectivity index (χ0v) is 9.78. The van der Waals surface area contributed by atoms with Crippen molar-refractivity contribution in [1.82, 2.24) is 15.2 Å². The molecule has 0 radical (unpaired) electrons. The van der Waals surface area contributed by atoms with Crippen molar-refractivity contribution >= 4 is 0 Å². The quantitative estimate of drug-likeness (QED) is 0.805. The Balaban J connectivity index is 1.88. The van der Waals surface area contributed by atoms with Crippen molar-refractivity contribution in [1.29, 1.82) is 0 Å². The van der Waals surface area contributed by atoms with E-state index in [1.807, 2.05) is 18.3 Å². The summed E-state index contributed by atoms with van der Waals surface area (Å²) in [6.07, 6.45) is 2.79. The molecule has 2 heterocycles. The summed E-state index contributed by atoms with van der Waals surface area (Å²) in [4.78, 5) is 6.83. The van der Waals surface area contributed by atoms with Crippen LogP contribution < -0.4 is 10.1 Å². The standard InChI is InChI=1S/C12H19N3O/c1-16-12-3-2-5-14-11(12)4-8-15-9-6-13-7-10-15/h2-3,5,13H,4,6-10H2,1H3. The lowest BCUT2D eigenvalue weighted by Crippen LogP contribution is -2.44. The van der Waals surface area contributed by atoms with Gasteiger partial charge in [0.05, 0.1) is 12.8 Å². The number of ether oxygens (including phenoxy) is 1. The minimum atomic E-state index is 0.901. The molecule has 1 aliphatic rings. The van der Waals surface area contributed by atoms with E-state index in [2.05, 4.69) is 15.2 Å². The number of aromatic nitrogens is 1. The lowest BCUT2D eigenvalue weighted by atomic mass is 10.2. The van der Waals surface area contributed by atoms with Gasteiger partial charge in [0, 0.05) is 45.3 Å². The first-order chi connectivity index (χ1) is 7.90. The molecule has 1 fully saturated rings. The van der Waals surface area contributed by atoms with Crippen LogP contribution in [0.25, 0.3) is 0 Å². The summed E-state index contributed by atoms with van der Waals surface area (Å²) in [5.41, 5.74) is 1.06.